The van der Waals surface area contributed by atoms with Gasteiger partial charge in [0.25, 0.3) is 0 Å². The minimum absolute atomic E-state index is 0.661. The van der Waals surface area contributed by atoms with E-state index in [1.54, 1.807) is 4.68 Å². The summed E-state index contributed by atoms with van der Waals surface area (Å²) in [5.41, 5.74) is 12.0. The van der Waals surface area contributed by atoms with Gasteiger partial charge in [0.2, 0.25) is 5.71 Å². The number of oxazole rings is 1. The average Bonchev–Trinajstić information content (AvgIpc) is 3.11. The Balaban J connectivity index is 2.02. The van der Waals surface area contributed by atoms with Crippen LogP contribution in [0.4, 0.5) is 5.69 Å². The van der Waals surface area contributed by atoms with E-state index in [1.165, 1.54) is 0 Å². The second-order valence-corrected chi connectivity index (χ2v) is 6.35. The molecule has 128 valence electrons. The molecule has 0 spiro atoms. The van der Waals surface area contributed by atoms with E-state index in [0.29, 0.717) is 11.5 Å². The van der Waals surface area contributed by atoms with Crippen molar-refractivity contribution in [3.63, 3.8) is 0 Å². The second kappa shape index (κ2) is 5.20. The number of aryl methyl sites for hydroxylation is 5. The van der Waals surface area contributed by atoms with Crippen LogP contribution in [0.2, 0.25) is 0 Å². The zero-order valence-electron chi connectivity index (χ0n) is 15.0. The SMILES string of the molecule is Cc1nc(C)n(-c2c(C)nn3c(-c4ccc(N)cc4C)c(C)oc23)n1. The fourth-order valence-electron chi connectivity index (χ4n) is 3.32. The zero-order valence-corrected chi connectivity index (χ0v) is 15.0. The number of anilines is 1. The van der Waals surface area contributed by atoms with Crippen molar-refractivity contribution in [3.8, 4) is 16.9 Å². The maximum atomic E-state index is 6.09. The van der Waals surface area contributed by atoms with Gasteiger partial charge >= 0.3 is 0 Å². The molecule has 0 aliphatic heterocycles. The molecule has 0 aliphatic carbocycles. The van der Waals surface area contributed by atoms with Gasteiger partial charge in [0.05, 0.1) is 5.69 Å². The van der Waals surface area contributed by atoms with Gasteiger partial charge in [-0.05, 0) is 52.3 Å². The lowest BCUT2D eigenvalue weighted by molar-refractivity contribution is 0.569. The van der Waals surface area contributed by atoms with E-state index < -0.39 is 0 Å². The van der Waals surface area contributed by atoms with Crippen molar-refractivity contribution >= 4 is 11.4 Å². The molecule has 3 aromatic heterocycles. The van der Waals surface area contributed by atoms with Crippen LogP contribution in [-0.4, -0.2) is 24.4 Å². The third kappa shape index (κ3) is 2.23. The van der Waals surface area contributed by atoms with Crippen LogP contribution in [0.1, 0.15) is 28.7 Å². The highest BCUT2D eigenvalue weighted by atomic mass is 16.4. The zero-order chi connectivity index (χ0) is 17.9. The fourth-order valence-corrected chi connectivity index (χ4v) is 3.32. The Morgan fingerprint density at radius 3 is 2.44 bits per heavy atom. The monoisotopic (exact) mass is 336 g/mol. The Bertz CT molecular complexity index is 1110. The van der Waals surface area contributed by atoms with Crippen molar-refractivity contribution in [2.75, 3.05) is 5.73 Å². The molecule has 7 heteroatoms. The second-order valence-electron chi connectivity index (χ2n) is 6.35. The minimum atomic E-state index is 0.661. The Kier molecular flexibility index (Phi) is 3.21. The third-order valence-corrected chi connectivity index (χ3v) is 4.37. The molecule has 4 aromatic rings. The summed E-state index contributed by atoms with van der Waals surface area (Å²) in [5.74, 6) is 2.31. The summed E-state index contributed by atoms with van der Waals surface area (Å²) in [7, 11) is 0. The van der Waals surface area contributed by atoms with Gasteiger partial charge in [-0.15, -0.1) is 0 Å². The van der Waals surface area contributed by atoms with E-state index in [2.05, 4.69) is 10.1 Å². The van der Waals surface area contributed by atoms with Gasteiger partial charge in [-0.25, -0.2) is 9.67 Å². The number of hydrogen-bond donors (Lipinski definition) is 1. The summed E-state index contributed by atoms with van der Waals surface area (Å²) < 4.78 is 9.72. The topological polar surface area (TPSA) is 87.2 Å². The first kappa shape index (κ1) is 15.4. The van der Waals surface area contributed by atoms with Crippen LogP contribution in [-0.2, 0) is 0 Å². The molecule has 0 saturated carbocycles. The molecule has 0 bridgehead atoms. The van der Waals surface area contributed by atoms with Gasteiger partial charge in [0.1, 0.15) is 23.1 Å². The Morgan fingerprint density at radius 1 is 1.04 bits per heavy atom. The van der Waals surface area contributed by atoms with E-state index in [-0.39, 0.29) is 0 Å². The number of nitrogen functional groups attached to an aromatic ring is 1. The summed E-state index contributed by atoms with van der Waals surface area (Å²) in [6, 6.07) is 5.85. The maximum absolute atomic E-state index is 6.09. The highest BCUT2D eigenvalue weighted by Gasteiger charge is 2.24. The summed E-state index contributed by atoms with van der Waals surface area (Å²) >= 11 is 0. The number of aromatic nitrogens is 5. The molecule has 2 N–H and O–H groups in total. The number of fused-ring (bicyclic) bond motifs is 1. The Labute approximate surface area is 145 Å². The molecule has 7 nitrogen and oxygen atoms in total. The van der Waals surface area contributed by atoms with Crippen LogP contribution in [0.3, 0.4) is 0 Å². The standard InChI is InChI=1S/C18H20N6O/c1-9-8-14(19)6-7-15(9)17-11(3)25-18-16(10(2)21-24(17)18)23-13(5)20-12(4)22-23/h6-8H,19H2,1-5H3. The number of rotatable bonds is 2. The molecule has 0 radical (unpaired) electrons. The van der Waals surface area contributed by atoms with E-state index >= 15 is 0 Å². The number of benzene rings is 1. The minimum Gasteiger partial charge on any atom is -0.439 e. The van der Waals surface area contributed by atoms with Crippen molar-refractivity contribution < 1.29 is 4.42 Å². The molecular formula is C18H20N6O. The Morgan fingerprint density at radius 2 is 1.80 bits per heavy atom. The highest BCUT2D eigenvalue weighted by Crippen LogP contribution is 2.33. The largest absolute Gasteiger partial charge is 0.439 e. The highest BCUT2D eigenvalue weighted by molar-refractivity contribution is 5.73. The summed E-state index contributed by atoms with van der Waals surface area (Å²) in [6.07, 6.45) is 0. The average molecular weight is 336 g/mol. The number of nitrogens with two attached hydrogens (primary N) is 1. The van der Waals surface area contributed by atoms with Crippen molar-refractivity contribution in [1.29, 1.82) is 0 Å². The quantitative estimate of drug-likeness (QED) is 0.568. The molecule has 3 heterocycles. The van der Waals surface area contributed by atoms with Crippen molar-refractivity contribution in [3.05, 3.63) is 46.9 Å². The maximum Gasteiger partial charge on any atom is 0.249 e. The third-order valence-electron chi connectivity index (χ3n) is 4.37. The number of nitrogens with zero attached hydrogens (tertiary/aromatic N) is 5. The van der Waals surface area contributed by atoms with Crippen LogP contribution in [0.5, 0.6) is 0 Å². The van der Waals surface area contributed by atoms with Gasteiger partial charge in [-0.2, -0.15) is 14.7 Å². The van der Waals surface area contributed by atoms with Crippen molar-refractivity contribution in [2.24, 2.45) is 0 Å². The predicted octanol–water partition coefficient (Wildman–Crippen LogP) is 3.30. The van der Waals surface area contributed by atoms with Crippen LogP contribution >= 0.6 is 0 Å². The lowest BCUT2D eigenvalue weighted by atomic mass is 10.0. The van der Waals surface area contributed by atoms with Crippen LogP contribution in [0.25, 0.3) is 22.7 Å². The molecular weight excluding hydrogens is 316 g/mol. The number of hydrogen-bond acceptors (Lipinski definition) is 5. The van der Waals surface area contributed by atoms with Gasteiger partial charge in [-0.1, -0.05) is 6.07 Å². The molecule has 0 atom stereocenters. The Hall–Kier alpha value is -3.09. The smallest absolute Gasteiger partial charge is 0.249 e. The van der Waals surface area contributed by atoms with E-state index in [9.17, 15) is 0 Å². The predicted molar refractivity (Wildman–Crippen MR) is 95.9 cm³/mol. The molecule has 0 aliphatic rings. The molecule has 0 fully saturated rings. The van der Waals surface area contributed by atoms with Gasteiger partial charge in [0, 0.05) is 11.3 Å². The molecule has 1 aromatic carbocycles. The first-order valence-electron chi connectivity index (χ1n) is 8.12. The normalized spacial score (nSPS) is 11.6. The summed E-state index contributed by atoms with van der Waals surface area (Å²) in [4.78, 5) is 4.39. The van der Waals surface area contributed by atoms with Crippen LogP contribution in [0, 0.1) is 34.6 Å². The molecule has 25 heavy (non-hydrogen) atoms. The lowest BCUT2D eigenvalue weighted by Crippen LogP contribution is -2.00. The van der Waals surface area contributed by atoms with E-state index in [4.69, 9.17) is 15.2 Å². The first-order chi connectivity index (χ1) is 11.9. The summed E-state index contributed by atoms with van der Waals surface area (Å²) in [6.45, 7) is 9.72. The first-order valence-corrected chi connectivity index (χ1v) is 8.12. The molecule has 0 saturated heterocycles. The molecule has 4 rings (SSSR count). The van der Waals surface area contributed by atoms with E-state index in [1.807, 2.05) is 57.3 Å². The van der Waals surface area contributed by atoms with E-state index in [0.717, 1.165) is 45.5 Å². The summed E-state index contributed by atoms with van der Waals surface area (Å²) in [5, 5.41) is 9.18. The fraction of sp³-hybridized carbons (Fsp3) is 0.278. The molecule has 0 amide bonds. The van der Waals surface area contributed by atoms with Gasteiger partial charge in [-0.3, -0.25) is 0 Å². The van der Waals surface area contributed by atoms with Gasteiger partial charge < -0.3 is 10.2 Å². The van der Waals surface area contributed by atoms with Crippen LogP contribution < -0.4 is 5.73 Å². The van der Waals surface area contributed by atoms with Crippen molar-refractivity contribution in [2.45, 2.75) is 34.6 Å². The molecule has 0 unspecified atom stereocenters. The van der Waals surface area contributed by atoms with Gasteiger partial charge in [0.15, 0.2) is 5.69 Å². The lowest BCUT2D eigenvalue weighted by Gasteiger charge is -2.05. The van der Waals surface area contributed by atoms with Crippen LogP contribution in [0.15, 0.2) is 22.6 Å². The van der Waals surface area contributed by atoms with Crippen molar-refractivity contribution in [1.82, 2.24) is 24.4 Å².